The Morgan fingerprint density at radius 2 is 2.00 bits per heavy atom. The second kappa shape index (κ2) is 7.74. The Morgan fingerprint density at radius 3 is 2.50 bits per heavy atom. The molecule has 4 heteroatoms. The van der Waals surface area contributed by atoms with Gasteiger partial charge in [0.25, 0.3) is 0 Å². The van der Waals surface area contributed by atoms with Crippen molar-refractivity contribution in [2.75, 3.05) is 26.8 Å². The van der Waals surface area contributed by atoms with Crippen LogP contribution in [0.1, 0.15) is 40.0 Å². The summed E-state index contributed by atoms with van der Waals surface area (Å²) in [7, 11) is 1.57. The molecule has 1 aliphatic heterocycles. The van der Waals surface area contributed by atoms with E-state index in [9.17, 15) is 4.79 Å². The van der Waals surface area contributed by atoms with Crippen LogP contribution in [-0.2, 0) is 9.53 Å². The summed E-state index contributed by atoms with van der Waals surface area (Å²) >= 11 is 0. The number of methoxy groups -OCH3 is 1. The summed E-state index contributed by atoms with van der Waals surface area (Å²) in [5.41, 5.74) is 0. The maximum atomic E-state index is 11.7. The molecule has 1 rings (SSSR count). The molecule has 18 heavy (non-hydrogen) atoms. The number of rotatable bonds is 6. The Hall–Kier alpha value is -0.610. The van der Waals surface area contributed by atoms with Crippen molar-refractivity contribution in [3.63, 3.8) is 0 Å². The van der Waals surface area contributed by atoms with Gasteiger partial charge in [-0.1, -0.05) is 20.3 Å². The summed E-state index contributed by atoms with van der Waals surface area (Å²) in [6.07, 6.45) is 3.31. The Labute approximate surface area is 111 Å². The van der Waals surface area contributed by atoms with Crippen molar-refractivity contribution in [3.05, 3.63) is 0 Å². The summed E-state index contributed by atoms with van der Waals surface area (Å²) in [4.78, 5) is 13.6. The predicted molar refractivity (Wildman–Crippen MR) is 73.5 cm³/mol. The Balaban J connectivity index is 2.29. The second-order valence-electron chi connectivity index (χ2n) is 5.43. The molecule has 0 saturated carbocycles. The number of nitrogens with one attached hydrogen (secondary N) is 1. The fourth-order valence-corrected chi connectivity index (χ4v) is 2.40. The number of likely N-dealkylation sites (tertiary alicyclic amines) is 1. The molecule has 0 bridgehead atoms. The smallest absolute Gasteiger partial charge is 0.248 e. The predicted octanol–water partition coefficient (Wildman–Crippen LogP) is 1.65. The van der Waals surface area contributed by atoms with E-state index in [4.69, 9.17) is 4.74 Å². The molecule has 4 nitrogen and oxygen atoms in total. The van der Waals surface area contributed by atoms with Crippen LogP contribution in [0, 0.1) is 5.92 Å². The zero-order valence-electron chi connectivity index (χ0n) is 12.2. The van der Waals surface area contributed by atoms with Crippen LogP contribution in [0.2, 0.25) is 0 Å². The number of hydrogen-bond donors (Lipinski definition) is 1. The summed E-state index contributed by atoms with van der Waals surface area (Å²) in [5, 5.41) is 3.69. The summed E-state index contributed by atoms with van der Waals surface area (Å²) in [5.74, 6) is 0.823. The van der Waals surface area contributed by atoms with Gasteiger partial charge in [0, 0.05) is 32.3 Å². The molecule has 0 aromatic heterocycles. The molecule has 1 aliphatic rings. The van der Waals surface area contributed by atoms with Crippen LogP contribution in [0.4, 0.5) is 0 Å². The first-order valence-corrected chi connectivity index (χ1v) is 7.11. The molecule has 1 saturated heterocycles. The lowest BCUT2D eigenvalue weighted by Crippen LogP contribution is -2.49. The second-order valence-corrected chi connectivity index (χ2v) is 5.43. The molecule has 106 valence electrons. The highest BCUT2D eigenvalue weighted by atomic mass is 16.5. The quantitative estimate of drug-likeness (QED) is 0.785. The number of nitrogens with zero attached hydrogens (tertiary/aromatic N) is 1. The van der Waals surface area contributed by atoms with Crippen LogP contribution in [0.15, 0.2) is 0 Å². The first-order chi connectivity index (χ1) is 8.58. The molecule has 0 radical (unpaired) electrons. The lowest BCUT2D eigenvalue weighted by atomic mass is 9.97. The van der Waals surface area contributed by atoms with E-state index >= 15 is 0 Å². The number of hydrogen-bond acceptors (Lipinski definition) is 3. The Kier molecular flexibility index (Phi) is 6.65. The minimum atomic E-state index is 0.117. The van der Waals surface area contributed by atoms with E-state index in [-0.39, 0.29) is 12.5 Å². The zero-order valence-corrected chi connectivity index (χ0v) is 12.2. The van der Waals surface area contributed by atoms with E-state index in [1.807, 2.05) is 4.90 Å². The monoisotopic (exact) mass is 256 g/mol. The Morgan fingerprint density at radius 1 is 1.39 bits per heavy atom. The van der Waals surface area contributed by atoms with Crippen molar-refractivity contribution >= 4 is 5.91 Å². The molecule has 0 aliphatic carbocycles. The normalized spacial score (nSPS) is 20.8. The number of piperidine rings is 1. The number of ether oxygens (including phenoxy) is 1. The van der Waals surface area contributed by atoms with E-state index in [1.165, 1.54) is 6.42 Å². The SMILES string of the molecule is CCC(C)C(C)NC1CCN(C(=O)COC)CC1. The van der Waals surface area contributed by atoms with Crippen LogP contribution in [0.5, 0.6) is 0 Å². The van der Waals surface area contributed by atoms with Gasteiger partial charge in [0.2, 0.25) is 5.91 Å². The number of carbonyl (C=O) groups is 1. The molecule has 0 aromatic carbocycles. The molecule has 1 N–H and O–H groups in total. The lowest BCUT2D eigenvalue weighted by Gasteiger charge is -2.35. The van der Waals surface area contributed by atoms with E-state index in [2.05, 4.69) is 26.1 Å². The van der Waals surface area contributed by atoms with E-state index in [1.54, 1.807) is 7.11 Å². The average Bonchev–Trinajstić information content (AvgIpc) is 2.38. The zero-order chi connectivity index (χ0) is 13.5. The highest BCUT2D eigenvalue weighted by Gasteiger charge is 2.24. The number of amides is 1. The van der Waals surface area contributed by atoms with Crippen LogP contribution < -0.4 is 5.32 Å². The van der Waals surface area contributed by atoms with E-state index in [0.29, 0.717) is 18.0 Å². The maximum absolute atomic E-state index is 11.7. The molecule has 0 aromatic rings. The first kappa shape index (κ1) is 15.4. The molecular weight excluding hydrogens is 228 g/mol. The fraction of sp³-hybridized carbons (Fsp3) is 0.929. The third-order valence-electron chi connectivity index (χ3n) is 4.11. The molecular formula is C14H28N2O2. The van der Waals surface area contributed by atoms with Gasteiger partial charge in [0.1, 0.15) is 6.61 Å². The number of carbonyl (C=O) groups excluding carboxylic acids is 1. The van der Waals surface area contributed by atoms with Gasteiger partial charge in [0.15, 0.2) is 0 Å². The highest BCUT2D eigenvalue weighted by molar-refractivity contribution is 5.77. The van der Waals surface area contributed by atoms with Crippen LogP contribution in [-0.4, -0.2) is 49.7 Å². The molecule has 1 fully saturated rings. The van der Waals surface area contributed by atoms with Gasteiger partial charge in [-0.2, -0.15) is 0 Å². The summed E-state index contributed by atoms with van der Waals surface area (Å²) < 4.78 is 4.89. The lowest BCUT2D eigenvalue weighted by molar-refractivity contribution is -0.136. The van der Waals surface area contributed by atoms with Gasteiger partial charge in [-0.3, -0.25) is 4.79 Å². The van der Waals surface area contributed by atoms with Gasteiger partial charge in [-0.25, -0.2) is 0 Å². The van der Waals surface area contributed by atoms with Crippen LogP contribution in [0.3, 0.4) is 0 Å². The van der Waals surface area contributed by atoms with Crippen molar-refractivity contribution in [3.8, 4) is 0 Å². The van der Waals surface area contributed by atoms with Crippen molar-refractivity contribution in [1.82, 2.24) is 10.2 Å². The fourth-order valence-electron chi connectivity index (χ4n) is 2.40. The molecule has 2 unspecified atom stereocenters. The van der Waals surface area contributed by atoms with Crippen molar-refractivity contribution in [2.45, 2.75) is 52.1 Å². The van der Waals surface area contributed by atoms with E-state index in [0.717, 1.165) is 25.9 Å². The molecule has 0 spiro atoms. The van der Waals surface area contributed by atoms with Crippen LogP contribution >= 0.6 is 0 Å². The van der Waals surface area contributed by atoms with Crippen molar-refractivity contribution < 1.29 is 9.53 Å². The van der Waals surface area contributed by atoms with Gasteiger partial charge < -0.3 is 15.0 Å². The largest absolute Gasteiger partial charge is 0.375 e. The average molecular weight is 256 g/mol. The van der Waals surface area contributed by atoms with Crippen LogP contribution in [0.25, 0.3) is 0 Å². The summed E-state index contributed by atoms with van der Waals surface area (Å²) in [6.45, 7) is 8.70. The van der Waals surface area contributed by atoms with Gasteiger partial charge in [-0.15, -0.1) is 0 Å². The third-order valence-corrected chi connectivity index (χ3v) is 4.11. The first-order valence-electron chi connectivity index (χ1n) is 7.11. The highest BCUT2D eigenvalue weighted by Crippen LogP contribution is 2.14. The Bertz CT molecular complexity index is 250. The topological polar surface area (TPSA) is 41.6 Å². The molecule has 2 atom stereocenters. The molecule has 1 heterocycles. The minimum Gasteiger partial charge on any atom is -0.375 e. The summed E-state index contributed by atoms with van der Waals surface area (Å²) in [6, 6.07) is 1.11. The maximum Gasteiger partial charge on any atom is 0.248 e. The van der Waals surface area contributed by atoms with Gasteiger partial charge >= 0.3 is 0 Å². The minimum absolute atomic E-state index is 0.117. The van der Waals surface area contributed by atoms with Gasteiger partial charge in [-0.05, 0) is 25.7 Å². The molecule has 1 amide bonds. The third kappa shape index (κ3) is 4.58. The van der Waals surface area contributed by atoms with Gasteiger partial charge in [0.05, 0.1) is 0 Å². The van der Waals surface area contributed by atoms with Crippen molar-refractivity contribution in [2.24, 2.45) is 5.92 Å². The van der Waals surface area contributed by atoms with E-state index < -0.39 is 0 Å². The van der Waals surface area contributed by atoms with Crippen molar-refractivity contribution in [1.29, 1.82) is 0 Å². The standard InChI is InChI=1S/C14H28N2O2/c1-5-11(2)12(3)15-13-6-8-16(9-7-13)14(17)10-18-4/h11-13,15H,5-10H2,1-4H3.